The van der Waals surface area contributed by atoms with Crippen LogP contribution in [0.2, 0.25) is 0 Å². The second-order valence-electron chi connectivity index (χ2n) is 3.57. The molecule has 82 valence electrons. The van der Waals surface area contributed by atoms with E-state index in [1.54, 1.807) is 18.2 Å². The average molecular weight is 215 g/mol. The summed E-state index contributed by atoms with van der Waals surface area (Å²) < 4.78 is 0. The number of rotatable bonds is 2. The van der Waals surface area contributed by atoms with E-state index in [1.807, 2.05) is 25.1 Å². The van der Waals surface area contributed by atoms with Crippen LogP contribution in [0.1, 0.15) is 18.9 Å². The largest absolute Gasteiger partial charge is 0.505 e. The molecule has 0 spiro atoms. The lowest BCUT2D eigenvalue weighted by atomic mass is 10.1. The third-order valence-corrected chi connectivity index (χ3v) is 2.44. The minimum atomic E-state index is -0.247. The highest BCUT2D eigenvalue weighted by Gasteiger charge is 2.27. The van der Waals surface area contributed by atoms with E-state index in [2.05, 4.69) is 5.32 Å². The molecule has 0 unspecified atom stereocenters. The average Bonchev–Trinajstić information content (AvgIpc) is 2.56. The number of amides is 1. The molecule has 3 nitrogen and oxygen atoms in total. The van der Waals surface area contributed by atoms with Gasteiger partial charge in [0.25, 0.3) is 5.91 Å². The van der Waals surface area contributed by atoms with Crippen LogP contribution in [0.5, 0.6) is 0 Å². The highest BCUT2D eigenvalue weighted by atomic mass is 16.3. The van der Waals surface area contributed by atoms with Crippen LogP contribution in [0.3, 0.4) is 0 Å². The van der Waals surface area contributed by atoms with Gasteiger partial charge in [0.2, 0.25) is 0 Å². The van der Waals surface area contributed by atoms with Crippen molar-refractivity contribution in [3.63, 3.8) is 0 Å². The molecule has 0 saturated heterocycles. The summed E-state index contributed by atoms with van der Waals surface area (Å²) in [7, 11) is 0. The maximum Gasteiger partial charge on any atom is 0.260 e. The molecule has 3 heteroatoms. The fourth-order valence-corrected chi connectivity index (χ4v) is 1.71. The van der Waals surface area contributed by atoms with Crippen molar-refractivity contribution in [1.82, 2.24) is 5.32 Å². The third-order valence-electron chi connectivity index (χ3n) is 2.44. The Bertz CT molecular complexity index is 472. The number of carbonyl (C=O) groups is 1. The van der Waals surface area contributed by atoms with E-state index in [9.17, 15) is 9.90 Å². The summed E-state index contributed by atoms with van der Waals surface area (Å²) >= 11 is 0. The number of nitrogens with one attached hydrogen (secondary N) is 1. The van der Waals surface area contributed by atoms with Gasteiger partial charge in [0, 0.05) is 0 Å². The molecule has 1 aliphatic heterocycles. The van der Waals surface area contributed by atoms with E-state index in [4.69, 9.17) is 0 Å². The highest BCUT2D eigenvalue weighted by Crippen LogP contribution is 2.26. The molecule has 0 saturated carbocycles. The number of aliphatic hydroxyl groups is 1. The zero-order valence-electron chi connectivity index (χ0n) is 9.03. The molecule has 1 aliphatic rings. The van der Waals surface area contributed by atoms with Gasteiger partial charge in [0.1, 0.15) is 0 Å². The molecule has 0 atom stereocenters. The molecule has 0 aromatic heterocycles. The first-order valence-corrected chi connectivity index (χ1v) is 5.24. The summed E-state index contributed by atoms with van der Waals surface area (Å²) in [5.41, 5.74) is 1.59. The van der Waals surface area contributed by atoms with Gasteiger partial charge in [-0.25, -0.2) is 0 Å². The third kappa shape index (κ3) is 1.72. The normalized spacial score (nSPS) is 18.1. The number of benzene rings is 1. The monoisotopic (exact) mass is 215 g/mol. The van der Waals surface area contributed by atoms with Crippen LogP contribution in [0, 0.1) is 0 Å². The predicted molar refractivity (Wildman–Crippen MR) is 62.5 cm³/mol. The first-order chi connectivity index (χ1) is 7.74. The SMILES string of the molecule is CC/C=C1\NC(=O)C(c2ccccc2)=C1O. The van der Waals surface area contributed by atoms with Gasteiger partial charge >= 0.3 is 0 Å². The van der Waals surface area contributed by atoms with Crippen molar-refractivity contribution in [2.75, 3.05) is 0 Å². The molecule has 2 rings (SSSR count). The van der Waals surface area contributed by atoms with E-state index in [1.165, 1.54) is 0 Å². The van der Waals surface area contributed by atoms with E-state index in [0.29, 0.717) is 11.3 Å². The smallest absolute Gasteiger partial charge is 0.260 e. The minimum absolute atomic E-state index is 0.0399. The first kappa shape index (κ1) is 10.5. The summed E-state index contributed by atoms with van der Waals surface area (Å²) in [5.74, 6) is -0.207. The fraction of sp³-hybridized carbons (Fsp3) is 0.154. The number of aliphatic hydroxyl groups excluding tert-OH is 1. The van der Waals surface area contributed by atoms with Crippen LogP contribution in [0.15, 0.2) is 47.9 Å². The lowest BCUT2D eigenvalue weighted by molar-refractivity contribution is -0.114. The van der Waals surface area contributed by atoms with Crippen LogP contribution < -0.4 is 5.32 Å². The second kappa shape index (κ2) is 4.23. The van der Waals surface area contributed by atoms with Crippen molar-refractivity contribution in [3.8, 4) is 0 Å². The van der Waals surface area contributed by atoms with Gasteiger partial charge in [0.05, 0.1) is 11.3 Å². The van der Waals surface area contributed by atoms with Crippen molar-refractivity contribution >= 4 is 11.5 Å². The molecule has 0 radical (unpaired) electrons. The Morgan fingerprint density at radius 3 is 2.62 bits per heavy atom. The summed E-state index contributed by atoms with van der Waals surface area (Å²) in [6.45, 7) is 1.95. The zero-order chi connectivity index (χ0) is 11.5. The summed E-state index contributed by atoms with van der Waals surface area (Å²) in [5, 5.41) is 12.6. The first-order valence-electron chi connectivity index (χ1n) is 5.24. The van der Waals surface area contributed by atoms with Crippen LogP contribution in [-0.2, 0) is 4.79 Å². The van der Waals surface area contributed by atoms with Crippen LogP contribution in [0.4, 0.5) is 0 Å². The molecule has 1 aromatic rings. The van der Waals surface area contributed by atoms with Gasteiger partial charge in [-0.1, -0.05) is 43.3 Å². The quantitative estimate of drug-likeness (QED) is 0.795. The van der Waals surface area contributed by atoms with E-state index < -0.39 is 0 Å². The lowest BCUT2D eigenvalue weighted by Gasteiger charge is -1.98. The Morgan fingerprint density at radius 2 is 2.00 bits per heavy atom. The molecule has 2 N–H and O–H groups in total. The van der Waals surface area contributed by atoms with Crippen LogP contribution >= 0.6 is 0 Å². The molecule has 1 amide bonds. The Balaban J connectivity index is 2.48. The van der Waals surface area contributed by atoms with Crippen molar-refractivity contribution in [2.24, 2.45) is 0 Å². The Kier molecular flexibility index (Phi) is 2.77. The number of allylic oxidation sites excluding steroid dienone is 1. The van der Waals surface area contributed by atoms with Gasteiger partial charge in [-0.05, 0) is 12.0 Å². The van der Waals surface area contributed by atoms with Gasteiger partial charge in [-0.2, -0.15) is 0 Å². The molecule has 0 bridgehead atoms. The Labute approximate surface area is 94.1 Å². The number of carbonyl (C=O) groups excluding carboxylic acids is 1. The molecule has 1 aromatic carbocycles. The molecule has 0 fully saturated rings. The summed E-state index contributed by atoms with van der Waals surface area (Å²) in [4.78, 5) is 11.7. The minimum Gasteiger partial charge on any atom is -0.505 e. The predicted octanol–water partition coefficient (Wildman–Crippen LogP) is 2.38. The van der Waals surface area contributed by atoms with Crippen LogP contribution in [0.25, 0.3) is 5.57 Å². The maximum absolute atomic E-state index is 11.7. The number of hydrogen-bond acceptors (Lipinski definition) is 2. The lowest BCUT2D eigenvalue weighted by Crippen LogP contribution is -2.15. The van der Waals surface area contributed by atoms with E-state index >= 15 is 0 Å². The topological polar surface area (TPSA) is 49.3 Å². The molecular weight excluding hydrogens is 202 g/mol. The fourth-order valence-electron chi connectivity index (χ4n) is 1.71. The second-order valence-corrected chi connectivity index (χ2v) is 3.57. The van der Waals surface area contributed by atoms with E-state index in [-0.39, 0.29) is 11.7 Å². The van der Waals surface area contributed by atoms with E-state index in [0.717, 1.165) is 12.0 Å². The molecule has 16 heavy (non-hydrogen) atoms. The number of hydrogen-bond donors (Lipinski definition) is 2. The van der Waals surface area contributed by atoms with Crippen molar-refractivity contribution in [1.29, 1.82) is 0 Å². The van der Waals surface area contributed by atoms with Gasteiger partial charge in [0.15, 0.2) is 5.76 Å². The van der Waals surface area contributed by atoms with Crippen molar-refractivity contribution in [2.45, 2.75) is 13.3 Å². The standard InChI is InChI=1S/C13H13NO2/c1-2-6-10-12(15)11(13(16)14-10)9-7-4-3-5-8-9/h3-8,15H,2H2,1H3,(H,14,16)/b10-6-. The molecular formula is C13H13NO2. The summed E-state index contributed by atoms with van der Waals surface area (Å²) in [6.07, 6.45) is 2.56. The zero-order valence-corrected chi connectivity index (χ0v) is 9.03. The van der Waals surface area contributed by atoms with Crippen LogP contribution in [-0.4, -0.2) is 11.0 Å². The Hall–Kier alpha value is -2.03. The summed E-state index contributed by atoms with van der Waals surface area (Å²) in [6, 6.07) is 9.16. The maximum atomic E-state index is 11.7. The van der Waals surface area contributed by atoms with Crippen molar-refractivity contribution < 1.29 is 9.90 Å². The molecule has 1 heterocycles. The molecule has 0 aliphatic carbocycles. The van der Waals surface area contributed by atoms with Gasteiger partial charge in [-0.15, -0.1) is 0 Å². The van der Waals surface area contributed by atoms with Crippen molar-refractivity contribution in [3.05, 3.63) is 53.4 Å². The Morgan fingerprint density at radius 1 is 1.31 bits per heavy atom. The van der Waals surface area contributed by atoms with Gasteiger partial charge < -0.3 is 10.4 Å². The highest BCUT2D eigenvalue weighted by molar-refractivity contribution is 6.24. The van der Waals surface area contributed by atoms with Gasteiger partial charge in [-0.3, -0.25) is 4.79 Å².